The summed E-state index contributed by atoms with van der Waals surface area (Å²) in [5.41, 5.74) is 0.932. The Bertz CT molecular complexity index is 577. The Morgan fingerprint density at radius 2 is 2.37 bits per heavy atom. The molecule has 0 spiro atoms. The number of aryl methyl sites for hydroxylation is 1. The number of nitrogens with zero attached hydrogens (tertiary/aromatic N) is 4. The summed E-state index contributed by atoms with van der Waals surface area (Å²) in [4.78, 5) is 6.73. The lowest BCUT2D eigenvalue weighted by Gasteiger charge is -2.21. The van der Waals surface area contributed by atoms with Crippen molar-refractivity contribution in [2.75, 3.05) is 6.54 Å². The standard InChI is InChI=1S/C13H17ClN4O/c1-9-6-11(19-16-9)10-4-3-5-18(10)8-13-15-7-12(14)17(13)2/h6-7,10H,3-5,8H2,1-2H3/t10-/m1/s1. The molecule has 2 aromatic rings. The maximum Gasteiger partial charge on any atom is 0.154 e. The first kappa shape index (κ1) is 12.7. The summed E-state index contributed by atoms with van der Waals surface area (Å²) < 4.78 is 7.33. The van der Waals surface area contributed by atoms with Crippen molar-refractivity contribution in [2.24, 2.45) is 7.05 Å². The predicted octanol–water partition coefficient (Wildman–Crippen LogP) is 2.71. The van der Waals surface area contributed by atoms with Gasteiger partial charge in [-0.1, -0.05) is 16.8 Å². The van der Waals surface area contributed by atoms with E-state index in [0.29, 0.717) is 11.2 Å². The first-order valence-electron chi connectivity index (χ1n) is 6.48. The molecule has 0 aliphatic carbocycles. The second kappa shape index (κ2) is 4.98. The van der Waals surface area contributed by atoms with E-state index in [1.807, 2.05) is 24.6 Å². The van der Waals surface area contributed by atoms with Crippen molar-refractivity contribution in [3.05, 3.63) is 34.7 Å². The smallest absolute Gasteiger partial charge is 0.154 e. The normalized spacial score (nSPS) is 20.3. The van der Waals surface area contributed by atoms with Crippen molar-refractivity contribution >= 4 is 11.6 Å². The summed E-state index contributed by atoms with van der Waals surface area (Å²) in [5, 5.41) is 4.65. The highest BCUT2D eigenvalue weighted by molar-refractivity contribution is 6.29. The van der Waals surface area contributed by atoms with E-state index >= 15 is 0 Å². The maximum absolute atomic E-state index is 6.02. The zero-order valence-electron chi connectivity index (χ0n) is 11.1. The van der Waals surface area contributed by atoms with Crippen LogP contribution in [-0.2, 0) is 13.6 Å². The van der Waals surface area contributed by atoms with Gasteiger partial charge in [-0.2, -0.15) is 0 Å². The van der Waals surface area contributed by atoms with Crippen LogP contribution in [0.15, 0.2) is 16.8 Å². The van der Waals surface area contributed by atoms with E-state index in [0.717, 1.165) is 36.8 Å². The van der Waals surface area contributed by atoms with Gasteiger partial charge in [0, 0.05) is 13.1 Å². The number of halogens is 1. The third-order valence-electron chi connectivity index (χ3n) is 3.71. The molecule has 1 aliphatic heterocycles. The number of rotatable bonds is 3. The van der Waals surface area contributed by atoms with Gasteiger partial charge in [-0.3, -0.25) is 4.90 Å². The average molecular weight is 281 g/mol. The van der Waals surface area contributed by atoms with E-state index in [-0.39, 0.29) is 0 Å². The van der Waals surface area contributed by atoms with Crippen LogP contribution in [0.3, 0.4) is 0 Å². The van der Waals surface area contributed by atoms with Crippen molar-refractivity contribution in [3.63, 3.8) is 0 Å². The van der Waals surface area contributed by atoms with E-state index in [1.54, 1.807) is 6.20 Å². The molecule has 3 rings (SSSR count). The van der Waals surface area contributed by atoms with Gasteiger partial charge in [-0.25, -0.2) is 4.98 Å². The summed E-state index contributed by atoms with van der Waals surface area (Å²) in [7, 11) is 1.94. The van der Waals surface area contributed by atoms with E-state index in [1.165, 1.54) is 6.42 Å². The summed E-state index contributed by atoms with van der Waals surface area (Å²) in [6.07, 6.45) is 3.97. The van der Waals surface area contributed by atoms with Crippen molar-refractivity contribution < 1.29 is 4.52 Å². The predicted molar refractivity (Wildman–Crippen MR) is 71.8 cm³/mol. The lowest BCUT2D eigenvalue weighted by molar-refractivity contribution is 0.201. The van der Waals surface area contributed by atoms with E-state index in [2.05, 4.69) is 15.0 Å². The van der Waals surface area contributed by atoms with Gasteiger partial charge in [0.1, 0.15) is 11.0 Å². The van der Waals surface area contributed by atoms with Crippen LogP contribution < -0.4 is 0 Å². The quantitative estimate of drug-likeness (QED) is 0.867. The van der Waals surface area contributed by atoms with Crippen molar-refractivity contribution in [3.8, 4) is 0 Å². The summed E-state index contributed by atoms with van der Waals surface area (Å²) in [6.45, 7) is 3.79. The molecule has 0 aromatic carbocycles. The van der Waals surface area contributed by atoms with Gasteiger partial charge in [0.15, 0.2) is 5.76 Å². The van der Waals surface area contributed by atoms with Crippen LogP contribution in [0.25, 0.3) is 0 Å². The largest absolute Gasteiger partial charge is 0.359 e. The number of hydrogen-bond acceptors (Lipinski definition) is 4. The van der Waals surface area contributed by atoms with Crippen LogP contribution in [0.4, 0.5) is 0 Å². The van der Waals surface area contributed by atoms with Crippen LogP contribution in [-0.4, -0.2) is 26.2 Å². The SMILES string of the molecule is Cc1cc([C@H]2CCCN2Cc2ncc(Cl)n2C)on1. The van der Waals surface area contributed by atoms with Gasteiger partial charge in [-0.15, -0.1) is 0 Å². The molecule has 2 aromatic heterocycles. The van der Waals surface area contributed by atoms with Gasteiger partial charge in [-0.05, 0) is 26.3 Å². The Labute approximate surface area is 117 Å². The van der Waals surface area contributed by atoms with Crippen LogP contribution in [0.1, 0.15) is 36.2 Å². The molecule has 1 aliphatic rings. The molecular weight excluding hydrogens is 264 g/mol. The molecule has 0 saturated carbocycles. The van der Waals surface area contributed by atoms with Gasteiger partial charge < -0.3 is 9.09 Å². The van der Waals surface area contributed by atoms with Gasteiger partial charge in [0.05, 0.1) is 24.5 Å². The number of aromatic nitrogens is 3. The number of likely N-dealkylation sites (tertiary alicyclic amines) is 1. The fourth-order valence-electron chi connectivity index (χ4n) is 2.63. The Kier molecular flexibility index (Phi) is 3.33. The third kappa shape index (κ3) is 2.40. The van der Waals surface area contributed by atoms with Crippen LogP contribution in [0.2, 0.25) is 5.15 Å². The fraction of sp³-hybridized carbons (Fsp3) is 0.538. The zero-order chi connectivity index (χ0) is 13.4. The molecule has 3 heterocycles. The molecular formula is C13H17ClN4O. The van der Waals surface area contributed by atoms with E-state index in [9.17, 15) is 0 Å². The van der Waals surface area contributed by atoms with E-state index < -0.39 is 0 Å². The van der Waals surface area contributed by atoms with Crippen molar-refractivity contribution in [1.29, 1.82) is 0 Å². The lowest BCUT2D eigenvalue weighted by atomic mass is 10.1. The van der Waals surface area contributed by atoms with Gasteiger partial charge in [0.2, 0.25) is 0 Å². The Morgan fingerprint density at radius 1 is 1.53 bits per heavy atom. The Morgan fingerprint density at radius 3 is 3.00 bits per heavy atom. The van der Waals surface area contributed by atoms with Crippen molar-refractivity contribution in [2.45, 2.75) is 32.4 Å². The van der Waals surface area contributed by atoms with Crippen LogP contribution in [0, 0.1) is 6.92 Å². The summed E-state index contributed by atoms with van der Waals surface area (Å²) in [6, 6.07) is 2.32. The highest BCUT2D eigenvalue weighted by atomic mass is 35.5. The second-order valence-electron chi connectivity index (χ2n) is 5.06. The molecule has 0 unspecified atom stereocenters. The monoisotopic (exact) mass is 280 g/mol. The average Bonchev–Trinajstić information content (AvgIpc) is 3.07. The lowest BCUT2D eigenvalue weighted by Crippen LogP contribution is -2.24. The highest BCUT2D eigenvalue weighted by Gasteiger charge is 2.29. The Balaban J connectivity index is 1.78. The van der Waals surface area contributed by atoms with Crippen LogP contribution >= 0.6 is 11.6 Å². The first-order valence-corrected chi connectivity index (χ1v) is 6.86. The number of hydrogen-bond donors (Lipinski definition) is 0. The molecule has 1 fully saturated rings. The third-order valence-corrected chi connectivity index (χ3v) is 4.06. The molecule has 1 atom stereocenters. The minimum atomic E-state index is 0.302. The molecule has 1 saturated heterocycles. The van der Waals surface area contributed by atoms with Crippen molar-refractivity contribution in [1.82, 2.24) is 19.6 Å². The highest BCUT2D eigenvalue weighted by Crippen LogP contribution is 2.33. The molecule has 0 amide bonds. The molecule has 0 N–H and O–H groups in total. The minimum absolute atomic E-state index is 0.302. The summed E-state index contributed by atoms with van der Waals surface area (Å²) in [5.74, 6) is 1.93. The van der Waals surface area contributed by atoms with E-state index in [4.69, 9.17) is 16.1 Å². The molecule has 19 heavy (non-hydrogen) atoms. The molecule has 5 nitrogen and oxygen atoms in total. The molecule has 102 valence electrons. The van der Waals surface area contributed by atoms with Gasteiger partial charge in [0.25, 0.3) is 0 Å². The van der Waals surface area contributed by atoms with Crippen LogP contribution in [0.5, 0.6) is 0 Å². The first-order chi connectivity index (χ1) is 9.15. The molecule has 6 heteroatoms. The zero-order valence-corrected chi connectivity index (χ0v) is 11.9. The number of imidazole rings is 1. The molecule has 0 radical (unpaired) electrons. The maximum atomic E-state index is 6.02. The van der Waals surface area contributed by atoms with Gasteiger partial charge >= 0.3 is 0 Å². The summed E-state index contributed by atoms with van der Waals surface area (Å²) >= 11 is 6.02. The molecule has 0 bridgehead atoms. The fourth-order valence-corrected chi connectivity index (χ4v) is 2.78. The Hall–Kier alpha value is -1.33. The second-order valence-corrected chi connectivity index (χ2v) is 5.44. The topological polar surface area (TPSA) is 47.1 Å². The minimum Gasteiger partial charge on any atom is -0.359 e.